The summed E-state index contributed by atoms with van der Waals surface area (Å²) in [6.07, 6.45) is 9.77. The molecule has 1 N–H and O–H groups in total. The second-order valence-electron chi connectivity index (χ2n) is 2.54. The first-order valence-electron chi connectivity index (χ1n) is 3.95. The lowest BCUT2D eigenvalue weighted by Crippen LogP contribution is -2.24. The minimum Gasteiger partial charge on any atom is -0.316 e. The van der Waals surface area contributed by atoms with Gasteiger partial charge in [-0.3, -0.25) is 0 Å². The van der Waals surface area contributed by atoms with E-state index in [1.165, 1.54) is 19.3 Å². The van der Waals surface area contributed by atoms with E-state index in [1.807, 2.05) is 7.05 Å². The lowest BCUT2D eigenvalue weighted by Gasteiger charge is -2.11. The van der Waals surface area contributed by atoms with Crippen LogP contribution in [0.2, 0.25) is 0 Å². The van der Waals surface area contributed by atoms with Crippen molar-refractivity contribution in [3.05, 3.63) is 0 Å². The van der Waals surface area contributed by atoms with Gasteiger partial charge in [-0.25, -0.2) is 0 Å². The van der Waals surface area contributed by atoms with Crippen molar-refractivity contribution < 1.29 is 0 Å². The van der Waals surface area contributed by atoms with Gasteiger partial charge >= 0.3 is 0 Å². The summed E-state index contributed by atoms with van der Waals surface area (Å²) in [6, 6.07) is 0.532. The Morgan fingerprint density at radius 3 is 2.70 bits per heavy atom. The third-order valence-corrected chi connectivity index (χ3v) is 1.68. The molecule has 0 aliphatic heterocycles. The zero-order valence-corrected chi connectivity index (χ0v) is 6.98. The maximum atomic E-state index is 5.19. The Bertz CT molecular complexity index is 102. The Balaban J connectivity index is 3.32. The highest BCUT2D eigenvalue weighted by Gasteiger charge is 2.01. The molecular formula is C9H17N. The van der Waals surface area contributed by atoms with Crippen molar-refractivity contribution in [3.63, 3.8) is 0 Å². The summed E-state index contributed by atoms with van der Waals surface area (Å²) < 4.78 is 0. The van der Waals surface area contributed by atoms with Gasteiger partial charge in [0.15, 0.2) is 0 Å². The molecule has 0 aromatic rings. The van der Waals surface area contributed by atoms with E-state index in [0.29, 0.717) is 6.04 Å². The molecule has 0 fully saturated rings. The molecule has 0 spiro atoms. The Kier molecular flexibility index (Phi) is 6.32. The van der Waals surface area contributed by atoms with Crippen LogP contribution in [0.15, 0.2) is 0 Å². The molecule has 0 amide bonds. The van der Waals surface area contributed by atoms with Crippen LogP contribution in [0.3, 0.4) is 0 Å². The number of hydrogen-bond donors (Lipinski definition) is 1. The van der Waals surface area contributed by atoms with Gasteiger partial charge in [-0.2, -0.15) is 0 Å². The van der Waals surface area contributed by atoms with E-state index in [4.69, 9.17) is 6.42 Å². The van der Waals surface area contributed by atoms with E-state index < -0.39 is 0 Å². The average Bonchev–Trinajstić information content (AvgIpc) is 1.98. The largest absolute Gasteiger partial charge is 0.316 e. The summed E-state index contributed by atoms with van der Waals surface area (Å²) >= 11 is 0. The van der Waals surface area contributed by atoms with Crippen LogP contribution in [0.5, 0.6) is 0 Å². The zero-order valence-electron chi connectivity index (χ0n) is 6.98. The molecule has 0 aromatic heterocycles. The number of hydrogen-bond acceptors (Lipinski definition) is 1. The highest BCUT2D eigenvalue weighted by molar-refractivity contribution is 4.89. The third kappa shape index (κ3) is 4.40. The minimum atomic E-state index is 0.532. The fraction of sp³-hybridized carbons (Fsp3) is 0.778. The van der Waals surface area contributed by atoms with Crippen molar-refractivity contribution in [2.24, 2.45) is 0 Å². The van der Waals surface area contributed by atoms with Crippen molar-refractivity contribution in [2.45, 2.75) is 38.6 Å². The van der Waals surface area contributed by atoms with E-state index in [0.717, 1.165) is 6.42 Å². The maximum Gasteiger partial charge on any atom is 0.0240 e. The zero-order chi connectivity index (χ0) is 7.82. The van der Waals surface area contributed by atoms with E-state index in [1.54, 1.807) is 0 Å². The predicted octanol–water partition coefficient (Wildman–Crippen LogP) is 1.79. The summed E-state index contributed by atoms with van der Waals surface area (Å²) in [4.78, 5) is 0. The molecule has 0 aliphatic carbocycles. The summed E-state index contributed by atoms with van der Waals surface area (Å²) in [6.45, 7) is 2.20. The number of rotatable bonds is 5. The van der Waals surface area contributed by atoms with Crippen LogP contribution in [0.1, 0.15) is 32.6 Å². The Morgan fingerprint density at radius 2 is 2.30 bits per heavy atom. The Labute approximate surface area is 64.2 Å². The van der Waals surface area contributed by atoms with Crippen molar-refractivity contribution in [1.82, 2.24) is 5.32 Å². The van der Waals surface area contributed by atoms with E-state index >= 15 is 0 Å². The molecule has 1 atom stereocenters. The molecule has 10 heavy (non-hydrogen) atoms. The fourth-order valence-corrected chi connectivity index (χ4v) is 0.941. The van der Waals surface area contributed by atoms with Gasteiger partial charge in [0.2, 0.25) is 0 Å². The van der Waals surface area contributed by atoms with Gasteiger partial charge in [-0.05, 0) is 13.5 Å². The molecule has 0 radical (unpaired) electrons. The van der Waals surface area contributed by atoms with Gasteiger partial charge in [0.25, 0.3) is 0 Å². The second-order valence-corrected chi connectivity index (χ2v) is 2.54. The van der Waals surface area contributed by atoms with E-state index in [2.05, 4.69) is 18.2 Å². The summed E-state index contributed by atoms with van der Waals surface area (Å²) in [5.74, 6) is 2.67. The van der Waals surface area contributed by atoms with Gasteiger partial charge in [-0.1, -0.05) is 19.8 Å². The second kappa shape index (κ2) is 6.64. The fourth-order valence-electron chi connectivity index (χ4n) is 0.941. The average molecular weight is 139 g/mol. The SMILES string of the molecule is C#CCC(CCCC)NC. The van der Waals surface area contributed by atoms with E-state index in [9.17, 15) is 0 Å². The van der Waals surface area contributed by atoms with Crippen LogP contribution in [0.25, 0.3) is 0 Å². The molecular weight excluding hydrogens is 122 g/mol. The van der Waals surface area contributed by atoms with Gasteiger partial charge < -0.3 is 5.32 Å². The van der Waals surface area contributed by atoms with Crippen molar-refractivity contribution >= 4 is 0 Å². The Hall–Kier alpha value is -0.480. The minimum absolute atomic E-state index is 0.532. The van der Waals surface area contributed by atoms with Crippen LogP contribution < -0.4 is 5.32 Å². The summed E-state index contributed by atoms with van der Waals surface area (Å²) in [7, 11) is 1.97. The molecule has 1 unspecified atom stereocenters. The number of nitrogens with one attached hydrogen (secondary N) is 1. The molecule has 0 aliphatic rings. The van der Waals surface area contributed by atoms with E-state index in [-0.39, 0.29) is 0 Å². The molecule has 1 heteroatoms. The molecule has 1 nitrogen and oxygen atoms in total. The summed E-state index contributed by atoms with van der Waals surface area (Å²) in [5.41, 5.74) is 0. The smallest absolute Gasteiger partial charge is 0.0240 e. The molecule has 0 aromatic carbocycles. The first kappa shape index (κ1) is 9.52. The number of terminal acetylenes is 1. The van der Waals surface area contributed by atoms with Gasteiger partial charge in [0, 0.05) is 12.5 Å². The van der Waals surface area contributed by atoms with Gasteiger partial charge in [0.05, 0.1) is 0 Å². The highest BCUT2D eigenvalue weighted by Crippen LogP contribution is 2.02. The normalized spacial score (nSPS) is 12.5. The molecule has 0 saturated heterocycles. The molecule has 0 heterocycles. The lowest BCUT2D eigenvalue weighted by molar-refractivity contribution is 0.511. The van der Waals surface area contributed by atoms with Crippen LogP contribution >= 0.6 is 0 Å². The molecule has 58 valence electrons. The standard InChI is InChI=1S/C9H17N/c1-4-6-8-9(10-3)7-5-2/h2,9-10H,4,6-8H2,1,3H3. The van der Waals surface area contributed by atoms with Crippen molar-refractivity contribution in [2.75, 3.05) is 7.05 Å². The highest BCUT2D eigenvalue weighted by atomic mass is 14.9. The topological polar surface area (TPSA) is 12.0 Å². The summed E-state index contributed by atoms with van der Waals surface area (Å²) in [5, 5.41) is 3.20. The molecule has 0 bridgehead atoms. The Morgan fingerprint density at radius 1 is 1.60 bits per heavy atom. The quantitative estimate of drug-likeness (QED) is 0.573. The van der Waals surface area contributed by atoms with Gasteiger partial charge in [0.1, 0.15) is 0 Å². The lowest BCUT2D eigenvalue weighted by atomic mass is 10.1. The molecule has 0 rings (SSSR count). The molecule has 0 saturated carbocycles. The van der Waals surface area contributed by atoms with Crippen molar-refractivity contribution in [1.29, 1.82) is 0 Å². The van der Waals surface area contributed by atoms with Gasteiger partial charge in [-0.15, -0.1) is 12.3 Å². The van der Waals surface area contributed by atoms with Crippen LogP contribution in [-0.4, -0.2) is 13.1 Å². The monoisotopic (exact) mass is 139 g/mol. The van der Waals surface area contributed by atoms with Crippen LogP contribution in [-0.2, 0) is 0 Å². The first-order chi connectivity index (χ1) is 4.85. The van der Waals surface area contributed by atoms with Crippen LogP contribution in [0.4, 0.5) is 0 Å². The van der Waals surface area contributed by atoms with Crippen LogP contribution in [0, 0.1) is 12.3 Å². The van der Waals surface area contributed by atoms with Crippen molar-refractivity contribution in [3.8, 4) is 12.3 Å². The maximum absolute atomic E-state index is 5.19. The third-order valence-electron chi connectivity index (χ3n) is 1.68. The number of unbranched alkanes of at least 4 members (excludes halogenated alkanes) is 1. The first-order valence-corrected chi connectivity index (χ1v) is 3.95. The predicted molar refractivity (Wildman–Crippen MR) is 45.8 cm³/mol.